The minimum absolute atomic E-state index is 0.897. The van der Waals surface area contributed by atoms with Crippen LogP contribution < -0.4 is 10.2 Å². The van der Waals surface area contributed by atoms with E-state index in [2.05, 4.69) is 70.2 Å². The van der Waals surface area contributed by atoms with Gasteiger partial charge in [0.15, 0.2) is 0 Å². The van der Waals surface area contributed by atoms with Gasteiger partial charge >= 0.3 is 0 Å². The number of aryl methyl sites for hydroxylation is 1. The van der Waals surface area contributed by atoms with E-state index in [0.717, 1.165) is 36.2 Å². The van der Waals surface area contributed by atoms with Crippen molar-refractivity contribution in [1.82, 2.24) is 10.3 Å². The van der Waals surface area contributed by atoms with Crippen LogP contribution in [0.15, 0.2) is 28.2 Å². The fourth-order valence-electron chi connectivity index (χ4n) is 2.22. The van der Waals surface area contributed by atoms with Crippen LogP contribution in [0.1, 0.15) is 29.5 Å². The molecule has 0 aliphatic heterocycles. The maximum atomic E-state index is 4.33. The van der Waals surface area contributed by atoms with E-state index in [4.69, 9.17) is 0 Å². The van der Waals surface area contributed by atoms with E-state index < -0.39 is 0 Å². The van der Waals surface area contributed by atoms with Crippen molar-refractivity contribution in [3.05, 3.63) is 44.3 Å². The Labute approximate surface area is 139 Å². The molecule has 0 unspecified atom stereocenters. The summed E-state index contributed by atoms with van der Waals surface area (Å²) in [6, 6.07) is 6.50. The Bertz CT molecular complexity index is 583. The first-order valence-electron chi connectivity index (χ1n) is 7.21. The van der Waals surface area contributed by atoms with Crippen molar-refractivity contribution in [2.75, 3.05) is 18.5 Å². The third-order valence-corrected chi connectivity index (χ3v) is 4.84. The molecule has 2 rings (SSSR count). The molecule has 0 aliphatic rings. The third kappa shape index (κ3) is 4.53. The number of nitrogens with one attached hydrogen (secondary N) is 1. The minimum Gasteiger partial charge on any atom is -0.369 e. The second-order valence-electron chi connectivity index (χ2n) is 5.17. The molecule has 0 bridgehead atoms. The zero-order valence-corrected chi connectivity index (χ0v) is 15.2. The average Bonchev–Trinajstić information content (AvgIpc) is 2.86. The summed E-state index contributed by atoms with van der Waals surface area (Å²) < 4.78 is 1.12. The molecular weight excluding hydrogens is 346 g/mol. The summed E-state index contributed by atoms with van der Waals surface area (Å²) >= 11 is 5.31. The van der Waals surface area contributed by atoms with Crippen LogP contribution in [0.25, 0.3) is 0 Å². The van der Waals surface area contributed by atoms with Crippen LogP contribution in [0.2, 0.25) is 0 Å². The van der Waals surface area contributed by atoms with Gasteiger partial charge in [-0.25, -0.2) is 4.98 Å². The number of benzene rings is 1. The zero-order valence-electron chi connectivity index (χ0n) is 12.8. The lowest BCUT2D eigenvalue weighted by molar-refractivity contribution is 0.673. The van der Waals surface area contributed by atoms with Crippen molar-refractivity contribution in [3.8, 4) is 0 Å². The topological polar surface area (TPSA) is 28.2 Å². The van der Waals surface area contributed by atoms with Crippen molar-refractivity contribution in [3.63, 3.8) is 0 Å². The molecule has 0 saturated carbocycles. The van der Waals surface area contributed by atoms with Crippen LogP contribution in [-0.2, 0) is 13.1 Å². The summed E-state index contributed by atoms with van der Waals surface area (Å²) in [6.45, 7) is 7.11. The normalized spacial score (nSPS) is 10.9. The molecule has 5 heteroatoms. The third-order valence-electron chi connectivity index (χ3n) is 3.43. The van der Waals surface area contributed by atoms with E-state index in [0.29, 0.717) is 0 Å². The second kappa shape index (κ2) is 7.92. The molecule has 1 N–H and O–H groups in total. The van der Waals surface area contributed by atoms with Crippen LogP contribution in [0.5, 0.6) is 0 Å². The smallest absolute Gasteiger partial charge is 0.0798 e. The maximum absolute atomic E-state index is 4.33. The number of hydrogen-bond acceptors (Lipinski definition) is 4. The van der Waals surface area contributed by atoms with Crippen molar-refractivity contribution in [2.24, 2.45) is 0 Å². The molecule has 1 heterocycles. The summed E-state index contributed by atoms with van der Waals surface area (Å²) in [4.78, 5) is 7.96. The molecule has 0 amide bonds. The van der Waals surface area contributed by atoms with Gasteiger partial charge in [-0.3, -0.25) is 0 Å². The van der Waals surface area contributed by atoms with Gasteiger partial charge in [0.1, 0.15) is 0 Å². The van der Waals surface area contributed by atoms with Crippen molar-refractivity contribution < 1.29 is 0 Å². The Balaban J connectivity index is 2.16. The molecule has 2 aromatic rings. The number of hydrogen-bond donors (Lipinski definition) is 1. The van der Waals surface area contributed by atoms with E-state index in [1.54, 1.807) is 11.3 Å². The minimum atomic E-state index is 0.897. The lowest BCUT2D eigenvalue weighted by Gasteiger charge is -2.23. The Kier molecular flexibility index (Phi) is 6.21. The molecule has 1 aromatic heterocycles. The summed E-state index contributed by atoms with van der Waals surface area (Å²) in [7, 11) is 2.14. The molecule has 114 valence electrons. The van der Waals surface area contributed by atoms with Gasteiger partial charge in [0.05, 0.1) is 17.7 Å². The molecule has 0 spiro atoms. The lowest BCUT2D eigenvalue weighted by atomic mass is 10.1. The molecular formula is C16H22BrN3S. The number of anilines is 1. The zero-order chi connectivity index (χ0) is 15.2. The van der Waals surface area contributed by atoms with Crippen molar-refractivity contribution >= 4 is 33.0 Å². The maximum Gasteiger partial charge on any atom is 0.0798 e. The van der Waals surface area contributed by atoms with Crippen LogP contribution >= 0.6 is 27.3 Å². The van der Waals surface area contributed by atoms with Gasteiger partial charge in [-0.1, -0.05) is 28.9 Å². The van der Waals surface area contributed by atoms with Crippen LogP contribution in [-0.4, -0.2) is 18.6 Å². The Morgan fingerprint density at radius 1 is 1.38 bits per heavy atom. The molecule has 0 atom stereocenters. The van der Waals surface area contributed by atoms with Crippen LogP contribution in [0, 0.1) is 6.92 Å². The van der Waals surface area contributed by atoms with Gasteiger partial charge in [0.25, 0.3) is 0 Å². The average molecular weight is 368 g/mol. The molecule has 21 heavy (non-hydrogen) atoms. The molecule has 1 aromatic carbocycles. The molecule has 3 nitrogen and oxygen atoms in total. The number of halogens is 1. The van der Waals surface area contributed by atoms with Gasteiger partial charge in [-0.15, -0.1) is 11.3 Å². The van der Waals surface area contributed by atoms with Crippen LogP contribution in [0.3, 0.4) is 0 Å². The van der Waals surface area contributed by atoms with Gasteiger partial charge in [0.2, 0.25) is 0 Å². The quantitative estimate of drug-likeness (QED) is 0.737. The van der Waals surface area contributed by atoms with Gasteiger partial charge in [-0.2, -0.15) is 0 Å². The number of nitrogens with zero attached hydrogens (tertiary/aromatic N) is 2. The Morgan fingerprint density at radius 3 is 2.86 bits per heavy atom. The van der Waals surface area contributed by atoms with E-state index in [1.165, 1.54) is 16.1 Å². The first-order chi connectivity index (χ1) is 10.1. The fourth-order valence-corrected chi connectivity index (χ4v) is 3.40. The standard InChI is InChI=1S/C16H22BrN3S/c1-4-7-18-9-13-5-6-14(17)8-15(13)20(3)10-16-12(2)19-11-21-16/h5-6,8,11,18H,4,7,9-10H2,1-3H3. The highest BCUT2D eigenvalue weighted by Crippen LogP contribution is 2.27. The number of rotatable bonds is 7. The molecule has 0 saturated heterocycles. The van der Waals surface area contributed by atoms with Gasteiger partial charge in [-0.05, 0) is 37.6 Å². The monoisotopic (exact) mass is 367 g/mol. The van der Waals surface area contributed by atoms with E-state index in [9.17, 15) is 0 Å². The summed E-state index contributed by atoms with van der Waals surface area (Å²) in [5.41, 5.74) is 5.65. The molecule has 0 fully saturated rings. The van der Waals surface area contributed by atoms with Crippen molar-refractivity contribution in [2.45, 2.75) is 33.4 Å². The molecule has 0 radical (unpaired) electrons. The number of aromatic nitrogens is 1. The highest BCUT2D eigenvalue weighted by Gasteiger charge is 2.11. The predicted molar refractivity (Wildman–Crippen MR) is 95.1 cm³/mol. The summed E-state index contributed by atoms with van der Waals surface area (Å²) in [5.74, 6) is 0. The lowest BCUT2D eigenvalue weighted by Crippen LogP contribution is -2.21. The van der Waals surface area contributed by atoms with Crippen molar-refractivity contribution in [1.29, 1.82) is 0 Å². The Hall–Kier alpha value is -0.910. The van der Waals surface area contributed by atoms with Gasteiger partial charge < -0.3 is 10.2 Å². The van der Waals surface area contributed by atoms with E-state index in [1.807, 2.05) is 5.51 Å². The van der Waals surface area contributed by atoms with Crippen LogP contribution in [0.4, 0.5) is 5.69 Å². The van der Waals surface area contributed by atoms with E-state index >= 15 is 0 Å². The summed E-state index contributed by atoms with van der Waals surface area (Å²) in [5, 5.41) is 3.48. The number of thiazole rings is 1. The first-order valence-corrected chi connectivity index (χ1v) is 8.88. The van der Waals surface area contributed by atoms with E-state index in [-0.39, 0.29) is 0 Å². The Morgan fingerprint density at radius 2 is 2.19 bits per heavy atom. The van der Waals surface area contributed by atoms with Gasteiger partial charge in [0, 0.05) is 28.6 Å². The second-order valence-corrected chi connectivity index (χ2v) is 7.02. The summed E-state index contributed by atoms with van der Waals surface area (Å²) in [6.07, 6.45) is 1.15. The first kappa shape index (κ1) is 16.5. The largest absolute Gasteiger partial charge is 0.369 e. The molecule has 0 aliphatic carbocycles. The highest BCUT2D eigenvalue weighted by atomic mass is 79.9. The SMILES string of the molecule is CCCNCc1ccc(Br)cc1N(C)Cc1scnc1C. The fraction of sp³-hybridized carbons (Fsp3) is 0.438. The predicted octanol–water partition coefficient (Wildman–Crippen LogP) is 4.35. The highest BCUT2D eigenvalue weighted by molar-refractivity contribution is 9.10.